The van der Waals surface area contributed by atoms with Gasteiger partial charge in [0, 0.05) is 11.5 Å². The first-order valence-corrected chi connectivity index (χ1v) is 6.30. The molecule has 2 rings (SSSR count). The fourth-order valence-corrected chi connectivity index (χ4v) is 2.63. The summed E-state index contributed by atoms with van der Waals surface area (Å²) < 4.78 is 2.12. The molecule has 1 aromatic carbocycles. The molecule has 0 atom stereocenters. The van der Waals surface area contributed by atoms with E-state index < -0.39 is 0 Å². The normalized spacial score (nSPS) is 10.4. The lowest BCUT2D eigenvalue weighted by molar-refractivity contribution is -0.118. The number of amides is 1. The summed E-state index contributed by atoms with van der Waals surface area (Å²) >= 11 is 4.94. The van der Waals surface area contributed by atoms with E-state index in [9.17, 15) is 4.79 Å². The van der Waals surface area contributed by atoms with Crippen LogP contribution in [0.25, 0.3) is 10.2 Å². The summed E-state index contributed by atoms with van der Waals surface area (Å²) in [6.45, 7) is 0.248. The Balaban J connectivity index is 2.16. The van der Waals surface area contributed by atoms with Crippen molar-refractivity contribution < 1.29 is 4.79 Å². The van der Waals surface area contributed by atoms with E-state index in [-0.39, 0.29) is 12.5 Å². The zero-order valence-corrected chi connectivity index (χ0v) is 11.0. The fraction of sp³-hybridized carbons (Fsp3) is 0.200. The fourth-order valence-electron chi connectivity index (χ4n) is 1.22. The van der Waals surface area contributed by atoms with Crippen LogP contribution < -0.4 is 10.6 Å². The van der Waals surface area contributed by atoms with E-state index in [0.29, 0.717) is 0 Å². The maximum Gasteiger partial charge on any atom is 0.239 e. The van der Waals surface area contributed by atoms with Crippen molar-refractivity contribution in [1.82, 2.24) is 10.3 Å². The van der Waals surface area contributed by atoms with Crippen molar-refractivity contribution in [3.05, 3.63) is 22.7 Å². The summed E-state index contributed by atoms with van der Waals surface area (Å²) in [7, 11) is 1.61. The van der Waals surface area contributed by atoms with Crippen LogP contribution >= 0.6 is 27.3 Å². The van der Waals surface area contributed by atoms with Gasteiger partial charge in [-0.2, -0.15) is 0 Å². The standard InChI is InChI=1S/C10H10BrN3OS/c1-12-9(15)5-13-10-14-7-3-2-6(11)4-8(7)16-10/h2-4H,5H2,1H3,(H,12,15)(H,13,14). The molecule has 0 aliphatic carbocycles. The molecule has 4 nitrogen and oxygen atoms in total. The predicted octanol–water partition coefficient (Wildman–Crippen LogP) is 2.22. The first-order chi connectivity index (χ1) is 7.69. The van der Waals surface area contributed by atoms with E-state index in [4.69, 9.17) is 0 Å². The maximum absolute atomic E-state index is 11.1. The van der Waals surface area contributed by atoms with Crippen LogP contribution in [0.15, 0.2) is 22.7 Å². The van der Waals surface area contributed by atoms with Crippen LogP contribution in [0, 0.1) is 0 Å². The highest BCUT2D eigenvalue weighted by molar-refractivity contribution is 9.10. The minimum Gasteiger partial charge on any atom is -0.358 e. The summed E-state index contributed by atoms with van der Waals surface area (Å²) in [6, 6.07) is 5.91. The van der Waals surface area contributed by atoms with Gasteiger partial charge in [0.2, 0.25) is 5.91 Å². The number of anilines is 1. The highest BCUT2D eigenvalue weighted by atomic mass is 79.9. The zero-order valence-electron chi connectivity index (χ0n) is 8.58. The molecule has 2 aromatic rings. The molecule has 0 radical (unpaired) electrons. The van der Waals surface area contributed by atoms with E-state index >= 15 is 0 Å². The van der Waals surface area contributed by atoms with Crippen LogP contribution in [0.1, 0.15) is 0 Å². The topological polar surface area (TPSA) is 54.0 Å². The first kappa shape index (κ1) is 11.3. The highest BCUT2D eigenvalue weighted by Gasteiger charge is 2.05. The number of benzene rings is 1. The molecule has 0 unspecified atom stereocenters. The third-order valence-electron chi connectivity index (χ3n) is 2.03. The molecule has 1 aromatic heterocycles. The van der Waals surface area contributed by atoms with Gasteiger partial charge in [0.1, 0.15) is 0 Å². The molecular formula is C10H10BrN3OS. The predicted molar refractivity (Wildman–Crippen MR) is 69.9 cm³/mol. The lowest BCUT2D eigenvalue weighted by Gasteiger charge is -1.99. The van der Waals surface area contributed by atoms with Crippen molar-refractivity contribution in [1.29, 1.82) is 0 Å². The van der Waals surface area contributed by atoms with Gasteiger partial charge in [-0.25, -0.2) is 4.98 Å². The molecule has 0 spiro atoms. The van der Waals surface area contributed by atoms with E-state index in [1.807, 2.05) is 18.2 Å². The van der Waals surface area contributed by atoms with Gasteiger partial charge in [-0.3, -0.25) is 4.79 Å². The van der Waals surface area contributed by atoms with Crippen molar-refractivity contribution in [3.8, 4) is 0 Å². The lowest BCUT2D eigenvalue weighted by atomic mass is 10.3. The molecule has 84 valence electrons. The molecule has 0 saturated heterocycles. The molecule has 1 heterocycles. The first-order valence-electron chi connectivity index (χ1n) is 4.69. The monoisotopic (exact) mass is 299 g/mol. The van der Waals surface area contributed by atoms with Gasteiger partial charge in [0.25, 0.3) is 0 Å². The number of fused-ring (bicyclic) bond motifs is 1. The van der Waals surface area contributed by atoms with Crippen LogP contribution in [0.3, 0.4) is 0 Å². The lowest BCUT2D eigenvalue weighted by Crippen LogP contribution is -2.26. The van der Waals surface area contributed by atoms with E-state index in [2.05, 4.69) is 31.5 Å². The summed E-state index contributed by atoms with van der Waals surface area (Å²) in [5.74, 6) is -0.0552. The number of halogens is 1. The summed E-state index contributed by atoms with van der Waals surface area (Å²) in [5, 5.41) is 6.29. The van der Waals surface area contributed by atoms with Crippen molar-refractivity contribution in [2.75, 3.05) is 18.9 Å². The van der Waals surface area contributed by atoms with Crippen molar-refractivity contribution in [2.24, 2.45) is 0 Å². The Labute approximate surface area is 105 Å². The minimum atomic E-state index is -0.0552. The number of nitrogens with one attached hydrogen (secondary N) is 2. The number of carbonyl (C=O) groups excluding carboxylic acids is 1. The van der Waals surface area contributed by atoms with Gasteiger partial charge in [-0.15, -0.1) is 0 Å². The quantitative estimate of drug-likeness (QED) is 0.914. The molecule has 1 amide bonds. The summed E-state index contributed by atoms with van der Waals surface area (Å²) in [5.41, 5.74) is 0.938. The van der Waals surface area contributed by atoms with Crippen molar-refractivity contribution >= 4 is 48.5 Å². The Hall–Kier alpha value is -1.14. The second-order valence-electron chi connectivity index (χ2n) is 3.16. The van der Waals surface area contributed by atoms with Crippen LogP contribution in [0.4, 0.5) is 5.13 Å². The largest absolute Gasteiger partial charge is 0.358 e. The second-order valence-corrected chi connectivity index (χ2v) is 5.10. The molecule has 2 N–H and O–H groups in total. The van der Waals surface area contributed by atoms with E-state index in [1.54, 1.807) is 7.05 Å². The van der Waals surface area contributed by atoms with Crippen molar-refractivity contribution in [3.63, 3.8) is 0 Å². The maximum atomic E-state index is 11.1. The number of hydrogen-bond donors (Lipinski definition) is 2. The molecule has 6 heteroatoms. The van der Waals surface area contributed by atoms with Gasteiger partial charge in [0.15, 0.2) is 5.13 Å². The molecule has 0 fully saturated rings. The second kappa shape index (κ2) is 4.80. The average molecular weight is 300 g/mol. The summed E-state index contributed by atoms with van der Waals surface area (Å²) in [6.07, 6.45) is 0. The average Bonchev–Trinajstić information content (AvgIpc) is 2.67. The molecule has 16 heavy (non-hydrogen) atoms. The number of carbonyl (C=O) groups is 1. The van der Waals surface area contributed by atoms with Crippen LogP contribution in [-0.2, 0) is 4.79 Å². The number of thiazole rings is 1. The number of hydrogen-bond acceptors (Lipinski definition) is 4. The summed E-state index contributed by atoms with van der Waals surface area (Å²) in [4.78, 5) is 15.4. The van der Waals surface area contributed by atoms with Gasteiger partial charge in [-0.1, -0.05) is 27.3 Å². The smallest absolute Gasteiger partial charge is 0.239 e. The molecule has 0 aliphatic rings. The number of rotatable bonds is 3. The van der Waals surface area contributed by atoms with Crippen LogP contribution in [0.5, 0.6) is 0 Å². The Kier molecular flexibility index (Phi) is 3.40. The highest BCUT2D eigenvalue weighted by Crippen LogP contribution is 2.28. The van der Waals surface area contributed by atoms with Gasteiger partial charge < -0.3 is 10.6 Å². The number of likely N-dealkylation sites (N-methyl/N-ethyl adjacent to an activating group) is 1. The Bertz CT molecular complexity index is 526. The SMILES string of the molecule is CNC(=O)CNc1nc2ccc(Br)cc2s1. The Morgan fingerprint density at radius 1 is 1.56 bits per heavy atom. The van der Waals surface area contributed by atoms with Crippen LogP contribution in [-0.4, -0.2) is 24.5 Å². The van der Waals surface area contributed by atoms with E-state index in [1.165, 1.54) is 11.3 Å². The Morgan fingerprint density at radius 3 is 3.12 bits per heavy atom. The molecule has 0 bridgehead atoms. The molecular weight excluding hydrogens is 290 g/mol. The minimum absolute atomic E-state index is 0.0552. The van der Waals surface area contributed by atoms with Crippen LogP contribution in [0.2, 0.25) is 0 Å². The molecule has 0 saturated carbocycles. The number of aromatic nitrogens is 1. The van der Waals surface area contributed by atoms with Gasteiger partial charge >= 0.3 is 0 Å². The van der Waals surface area contributed by atoms with Gasteiger partial charge in [0.05, 0.1) is 16.8 Å². The van der Waals surface area contributed by atoms with Crippen molar-refractivity contribution in [2.45, 2.75) is 0 Å². The Morgan fingerprint density at radius 2 is 2.38 bits per heavy atom. The number of nitrogens with zero attached hydrogens (tertiary/aromatic N) is 1. The molecule has 0 aliphatic heterocycles. The third-order valence-corrected chi connectivity index (χ3v) is 3.50. The van der Waals surface area contributed by atoms with Gasteiger partial charge in [-0.05, 0) is 18.2 Å². The zero-order chi connectivity index (χ0) is 11.5. The van der Waals surface area contributed by atoms with E-state index in [0.717, 1.165) is 19.8 Å². The third kappa shape index (κ3) is 2.51.